The Hall–Kier alpha value is -1.66. The lowest BCUT2D eigenvalue weighted by Crippen LogP contribution is -1.89. The van der Waals surface area contributed by atoms with Crippen LogP contribution in [-0.4, -0.2) is 16.8 Å². The van der Waals surface area contributed by atoms with Gasteiger partial charge in [-0.25, -0.2) is 0 Å². The highest BCUT2D eigenvalue weighted by molar-refractivity contribution is 5.58. The van der Waals surface area contributed by atoms with Crippen LogP contribution in [0.2, 0.25) is 0 Å². The molecule has 0 fully saturated rings. The summed E-state index contributed by atoms with van der Waals surface area (Å²) in [4.78, 5) is 0. The van der Waals surface area contributed by atoms with Crippen molar-refractivity contribution in [2.45, 2.75) is 0 Å². The zero-order chi connectivity index (χ0) is 8.97. The van der Waals surface area contributed by atoms with Crippen LogP contribution >= 0.6 is 0 Å². The second-order valence-electron chi connectivity index (χ2n) is 2.23. The number of phenols is 1. The number of anilines is 1. The number of rotatable bonds is 0. The molecule has 0 amide bonds. The first-order chi connectivity index (χ1) is 5.74. The predicted octanol–water partition coefficient (Wildman–Crippen LogP) is 0.318. The van der Waals surface area contributed by atoms with Gasteiger partial charge in [0.25, 0.3) is 0 Å². The van der Waals surface area contributed by atoms with E-state index < -0.39 is 0 Å². The standard InChI is InChI=1S/C9H9NO2/c10-9-6-8(12)4-3-7(9)2-1-5-11/h3-4,6,11-12H,5,10H2. The summed E-state index contributed by atoms with van der Waals surface area (Å²) in [5.74, 6) is 5.24. The summed E-state index contributed by atoms with van der Waals surface area (Å²) < 4.78 is 0. The fourth-order valence-corrected chi connectivity index (χ4v) is 0.799. The molecule has 3 heteroatoms. The Bertz CT molecular complexity index is 336. The Morgan fingerprint density at radius 2 is 2.17 bits per heavy atom. The molecule has 0 saturated carbocycles. The highest BCUT2D eigenvalue weighted by Crippen LogP contribution is 2.17. The molecule has 0 bridgehead atoms. The van der Waals surface area contributed by atoms with Crippen molar-refractivity contribution in [2.75, 3.05) is 12.3 Å². The van der Waals surface area contributed by atoms with Gasteiger partial charge in [0.15, 0.2) is 0 Å². The van der Waals surface area contributed by atoms with Gasteiger partial charge in [-0.15, -0.1) is 0 Å². The van der Waals surface area contributed by atoms with Gasteiger partial charge in [0.1, 0.15) is 12.4 Å². The molecular weight excluding hydrogens is 154 g/mol. The molecule has 0 radical (unpaired) electrons. The Balaban J connectivity index is 3.01. The molecule has 0 aliphatic carbocycles. The molecule has 0 aliphatic rings. The number of hydrogen-bond donors (Lipinski definition) is 3. The van der Waals surface area contributed by atoms with Crippen LogP contribution in [0, 0.1) is 11.8 Å². The van der Waals surface area contributed by atoms with E-state index in [-0.39, 0.29) is 12.4 Å². The first kappa shape index (κ1) is 8.44. The van der Waals surface area contributed by atoms with Crippen LogP contribution in [0.3, 0.4) is 0 Å². The van der Waals surface area contributed by atoms with Gasteiger partial charge in [0.05, 0.1) is 5.69 Å². The van der Waals surface area contributed by atoms with Crippen LogP contribution in [0.4, 0.5) is 5.69 Å². The van der Waals surface area contributed by atoms with Gasteiger partial charge in [-0.3, -0.25) is 0 Å². The molecule has 62 valence electrons. The van der Waals surface area contributed by atoms with Crippen molar-refractivity contribution >= 4 is 5.69 Å². The average molecular weight is 163 g/mol. The van der Waals surface area contributed by atoms with Gasteiger partial charge in [-0.05, 0) is 12.1 Å². The molecular formula is C9H9NO2. The fourth-order valence-electron chi connectivity index (χ4n) is 0.799. The third kappa shape index (κ3) is 1.91. The van der Waals surface area contributed by atoms with Crippen LogP contribution < -0.4 is 5.73 Å². The van der Waals surface area contributed by atoms with Gasteiger partial charge in [-0.1, -0.05) is 11.8 Å². The topological polar surface area (TPSA) is 66.5 Å². The van der Waals surface area contributed by atoms with Crippen molar-refractivity contribution < 1.29 is 10.2 Å². The minimum absolute atomic E-state index is 0.113. The minimum Gasteiger partial charge on any atom is -0.508 e. The van der Waals surface area contributed by atoms with E-state index in [0.29, 0.717) is 11.3 Å². The molecule has 0 aliphatic heterocycles. The van der Waals surface area contributed by atoms with Gasteiger partial charge in [0.2, 0.25) is 0 Å². The summed E-state index contributed by atoms with van der Waals surface area (Å²) in [5.41, 5.74) is 6.54. The normalized spacial score (nSPS) is 8.75. The number of benzene rings is 1. The van der Waals surface area contributed by atoms with Crippen LogP contribution in [0.25, 0.3) is 0 Å². The first-order valence-corrected chi connectivity index (χ1v) is 3.42. The zero-order valence-corrected chi connectivity index (χ0v) is 6.41. The maximum absolute atomic E-state index is 8.99. The lowest BCUT2D eigenvalue weighted by atomic mass is 10.2. The third-order valence-corrected chi connectivity index (χ3v) is 1.34. The van der Waals surface area contributed by atoms with E-state index in [1.54, 1.807) is 6.07 Å². The van der Waals surface area contributed by atoms with Crippen molar-refractivity contribution in [1.82, 2.24) is 0 Å². The molecule has 0 aromatic heterocycles. The first-order valence-electron chi connectivity index (χ1n) is 3.42. The van der Waals surface area contributed by atoms with E-state index in [0.717, 1.165) is 0 Å². The number of nitrogens with two attached hydrogens (primary N) is 1. The Labute approximate surface area is 70.5 Å². The van der Waals surface area contributed by atoms with Crippen molar-refractivity contribution in [3.63, 3.8) is 0 Å². The number of aromatic hydroxyl groups is 1. The second kappa shape index (κ2) is 3.65. The van der Waals surface area contributed by atoms with Crippen LogP contribution in [0.1, 0.15) is 5.56 Å². The van der Waals surface area contributed by atoms with Crippen molar-refractivity contribution in [2.24, 2.45) is 0 Å². The third-order valence-electron chi connectivity index (χ3n) is 1.34. The molecule has 0 saturated heterocycles. The number of aliphatic hydroxyl groups is 1. The Morgan fingerprint density at radius 1 is 1.42 bits per heavy atom. The lowest BCUT2D eigenvalue weighted by molar-refractivity contribution is 0.350. The Kier molecular flexibility index (Phi) is 2.57. The number of aliphatic hydroxyl groups excluding tert-OH is 1. The second-order valence-corrected chi connectivity index (χ2v) is 2.23. The molecule has 0 atom stereocenters. The van der Waals surface area contributed by atoms with Crippen LogP contribution in [0.15, 0.2) is 18.2 Å². The largest absolute Gasteiger partial charge is 0.508 e. The van der Waals surface area contributed by atoms with E-state index >= 15 is 0 Å². The number of nitrogen functional groups attached to an aromatic ring is 1. The summed E-state index contributed by atoms with van der Waals surface area (Å²) >= 11 is 0. The van der Waals surface area contributed by atoms with E-state index in [1.165, 1.54) is 12.1 Å². The lowest BCUT2D eigenvalue weighted by Gasteiger charge is -1.97. The fraction of sp³-hybridized carbons (Fsp3) is 0.111. The molecule has 3 nitrogen and oxygen atoms in total. The maximum atomic E-state index is 8.99. The highest BCUT2D eigenvalue weighted by atomic mass is 16.3. The molecule has 12 heavy (non-hydrogen) atoms. The minimum atomic E-state index is -0.194. The van der Waals surface area contributed by atoms with Crippen LogP contribution in [0.5, 0.6) is 5.75 Å². The monoisotopic (exact) mass is 163 g/mol. The Morgan fingerprint density at radius 3 is 2.75 bits per heavy atom. The summed E-state index contributed by atoms with van der Waals surface area (Å²) in [6.07, 6.45) is 0. The number of hydrogen-bond acceptors (Lipinski definition) is 3. The summed E-state index contributed by atoms with van der Waals surface area (Å²) in [7, 11) is 0. The van der Waals surface area contributed by atoms with Gasteiger partial charge >= 0.3 is 0 Å². The predicted molar refractivity (Wildman–Crippen MR) is 46.5 cm³/mol. The zero-order valence-electron chi connectivity index (χ0n) is 6.41. The molecule has 0 spiro atoms. The average Bonchev–Trinajstić information content (AvgIpc) is 2.03. The van der Waals surface area contributed by atoms with Crippen molar-refractivity contribution in [1.29, 1.82) is 0 Å². The van der Waals surface area contributed by atoms with Crippen molar-refractivity contribution in [3.05, 3.63) is 23.8 Å². The molecule has 1 aromatic rings. The number of phenolic OH excluding ortho intramolecular Hbond substituents is 1. The van der Waals surface area contributed by atoms with Gasteiger partial charge in [-0.2, -0.15) is 0 Å². The summed E-state index contributed by atoms with van der Waals surface area (Å²) in [6.45, 7) is -0.194. The van der Waals surface area contributed by atoms with Gasteiger partial charge < -0.3 is 15.9 Å². The smallest absolute Gasteiger partial charge is 0.117 e. The summed E-state index contributed by atoms with van der Waals surface area (Å²) in [6, 6.07) is 4.52. The van der Waals surface area contributed by atoms with E-state index in [9.17, 15) is 0 Å². The van der Waals surface area contributed by atoms with E-state index in [2.05, 4.69) is 11.8 Å². The molecule has 0 unspecified atom stereocenters. The molecule has 0 heterocycles. The van der Waals surface area contributed by atoms with Crippen LogP contribution in [-0.2, 0) is 0 Å². The molecule has 1 rings (SSSR count). The summed E-state index contributed by atoms with van der Waals surface area (Å²) in [5, 5.41) is 17.4. The van der Waals surface area contributed by atoms with E-state index in [1.807, 2.05) is 0 Å². The quantitative estimate of drug-likeness (QED) is 0.381. The highest BCUT2D eigenvalue weighted by Gasteiger charge is 1.95. The van der Waals surface area contributed by atoms with Crippen molar-refractivity contribution in [3.8, 4) is 17.6 Å². The molecule has 4 N–H and O–H groups in total. The maximum Gasteiger partial charge on any atom is 0.117 e. The van der Waals surface area contributed by atoms with E-state index in [4.69, 9.17) is 15.9 Å². The molecule has 1 aromatic carbocycles. The van der Waals surface area contributed by atoms with Gasteiger partial charge in [0, 0.05) is 11.6 Å². The SMILES string of the molecule is Nc1cc(O)ccc1C#CCO.